The van der Waals surface area contributed by atoms with Gasteiger partial charge in [-0.15, -0.1) is 11.3 Å². The van der Waals surface area contributed by atoms with Crippen molar-refractivity contribution in [3.8, 4) is 5.75 Å². The molecule has 0 aliphatic heterocycles. The Balaban J connectivity index is 1.73. The second-order valence-electron chi connectivity index (χ2n) is 6.01. The van der Waals surface area contributed by atoms with Crippen molar-refractivity contribution in [1.29, 1.82) is 0 Å². The van der Waals surface area contributed by atoms with Gasteiger partial charge in [-0.3, -0.25) is 9.69 Å². The van der Waals surface area contributed by atoms with Gasteiger partial charge >= 0.3 is 0 Å². The molecule has 3 aromatic rings. The van der Waals surface area contributed by atoms with E-state index in [2.05, 4.69) is 0 Å². The third kappa shape index (κ3) is 4.74. The first-order chi connectivity index (χ1) is 12.7. The topological polar surface area (TPSA) is 45.9 Å². The molecular formula is C20H22N2O3S. The molecule has 26 heavy (non-hydrogen) atoms. The molecule has 0 N–H and O–H groups in total. The van der Waals surface area contributed by atoms with Gasteiger partial charge in [0.05, 0.1) is 33.0 Å². The van der Waals surface area contributed by atoms with E-state index in [0.29, 0.717) is 19.6 Å². The van der Waals surface area contributed by atoms with Gasteiger partial charge in [-0.2, -0.15) is 0 Å². The highest BCUT2D eigenvalue weighted by atomic mass is 32.1. The number of nitrogens with zero attached hydrogens (tertiary/aromatic N) is 2. The summed E-state index contributed by atoms with van der Waals surface area (Å²) in [5.74, 6) is 1.65. The summed E-state index contributed by atoms with van der Waals surface area (Å²) in [5, 5.41) is 2.02. The minimum atomic E-state index is 0.0395. The number of furan rings is 1. The van der Waals surface area contributed by atoms with E-state index in [1.807, 2.05) is 70.8 Å². The summed E-state index contributed by atoms with van der Waals surface area (Å²) in [4.78, 5) is 17.9. The van der Waals surface area contributed by atoms with Crippen molar-refractivity contribution in [2.75, 3.05) is 25.6 Å². The third-order valence-corrected chi connectivity index (χ3v) is 4.85. The van der Waals surface area contributed by atoms with Gasteiger partial charge in [0.1, 0.15) is 11.5 Å². The van der Waals surface area contributed by atoms with Gasteiger partial charge < -0.3 is 14.1 Å². The van der Waals surface area contributed by atoms with Crippen LogP contribution in [0.5, 0.6) is 5.75 Å². The molecule has 6 heteroatoms. The van der Waals surface area contributed by atoms with Crippen molar-refractivity contribution in [2.24, 2.45) is 0 Å². The zero-order valence-electron chi connectivity index (χ0n) is 14.9. The number of likely N-dealkylation sites (N-methyl/N-ethyl adjacent to an activating group) is 1. The van der Waals surface area contributed by atoms with E-state index >= 15 is 0 Å². The first-order valence-electron chi connectivity index (χ1n) is 8.33. The average molecular weight is 370 g/mol. The van der Waals surface area contributed by atoms with Crippen molar-refractivity contribution < 1.29 is 13.9 Å². The minimum Gasteiger partial charge on any atom is -0.497 e. The van der Waals surface area contributed by atoms with E-state index in [-0.39, 0.29) is 5.91 Å². The van der Waals surface area contributed by atoms with Crippen LogP contribution in [-0.2, 0) is 17.9 Å². The normalized spacial score (nSPS) is 10.9. The molecule has 0 aliphatic rings. The number of hydrogen-bond acceptors (Lipinski definition) is 5. The van der Waals surface area contributed by atoms with Crippen molar-refractivity contribution in [3.63, 3.8) is 0 Å². The van der Waals surface area contributed by atoms with Crippen LogP contribution in [0.25, 0.3) is 0 Å². The number of ether oxygens (including phenoxy) is 1. The number of benzene rings is 1. The quantitative estimate of drug-likeness (QED) is 0.601. The van der Waals surface area contributed by atoms with Crippen LogP contribution < -0.4 is 9.64 Å². The van der Waals surface area contributed by atoms with Crippen LogP contribution in [0.4, 0.5) is 5.69 Å². The number of rotatable bonds is 8. The van der Waals surface area contributed by atoms with Crippen molar-refractivity contribution in [3.05, 3.63) is 70.8 Å². The Labute approximate surface area is 157 Å². The standard InChI is InChI=1S/C20H22N2O3S/c1-21(13-18-5-3-11-25-18)15-20(23)22(14-19-6-4-12-26-19)16-7-9-17(24-2)10-8-16/h3-12H,13-15H2,1-2H3. The minimum absolute atomic E-state index is 0.0395. The molecule has 0 radical (unpaired) electrons. The number of thiophene rings is 1. The first-order valence-corrected chi connectivity index (χ1v) is 9.21. The Morgan fingerprint density at radius 1 is 1.12 bits per heavy atom. The molecular weight excluding hydrogens is 348 g/mol. The molecule has 0 bridgehead atoms. The summed E-state index contributed by atoms with van der Waals surface area (Å²) in [6.45, 7) is 1.45. The Kier molecular flexibility index (Phi) is 6.09. The van der Waals surface area contributed by atoms with Gasteiger partial charge in [0.15, 0.2) is 0 Å². The molecule has 0 saturated heterocycles. The van der Waals surface area contributed by atoms with Crippen LogP contribution in [0.1, 0.15) is 10.6 Å². The predicted molar refractivity (Wildman–Crippen MR) is 104 cm³/mol. The van der Waals surface area contributed by atoms with Crippen LogP contribution in [0, 0.1) is 0 Å². The van der Waals surface area contributed by atoms with Crippen LogP contribution in [0.2, 0.25) is 0 Å². The maximum Gasteiger partial charge on any atom is 0.241 e. The molecule has 0 fully saturated rings. The molecule has 2 aromatic heterocycles. The number of carbonyl (C=O) groups is 1. The van der Waals surface area contributed by atoms with Gasteiger partial charge in [-0.25, -0.2) is 0 Å². The smallest absolute Gasteiger partial charge is 0.241 e. The van der Waals surface area contributed by atoms with E-state index in [0.717, 1.165) is 22.1 Å². The fourth-order valence-corrected chi connectivity index (χ4v) is 3.38. The number of anilines is 1. The number of methoxy groups -OCH3 is 1. The maximum absolute atomic E-state index is 13.0. The molecule has 0 aliphatic carbocycles. The lowest BCUT2D eigenvalue weighted by molar-refractivity contribution is -0.119. The van der Waals surface area contributed by atoms with Gasteiger partial charge in [-0.1, -0.05) is 6.07 Å². The Hall–Kier alpha value is -2.57. The third-order valence-electron chi connectivity index (χ3n) is 3.99. The van der Waals surface area contributed by atoms with Crippen LogP contribution in [0.15, 0.2) is 64.6 Å². The molecule has 1 amide bonds. The van der Waals surface area contributed by atoms with E-state index in [4.69, 9.17) is 9.15 Å². The van der Waals surface area contributed by atoms with E-state index < -0.39 is 0 Å². The summed E-state index contributed by atoms with van der Waals surface area (Å²) in [7, 11) is 3.55. The molecule has 5 nitrogen and oxygen atoms in total. The molecule has 0 unspecified atom stereocenters. The van der Waals surface area contributed by atoms with Crippen LogP contribution >= 0.6 is 11.3 Å². The fourth-order valence-electron chi connectivity index (χ4n) is 2.68. The number of carbonyl (C=O) groups excluding carboxylic acids is 1. The summed E-state index contributed by atoms with van der Waals surface area (Å²) < 4.78 is 10.6. The fraction of sp³-hybridized carbons (Fsp3) is 0.250. The number of hydrogen-bond donors (Lipinski definition) is 0. The van der Waals surface area contributed by atoms with Crippen molar-refractivity contribution >= 4 is 22.9 Å². The summed E-state index contributed by atoms with van der Waals surface area (Å²) >= 11 is 1.65. The van der Waals surface area contributed by atoms with E-state index in [9.17, 15) is 4.79 Å². The molecule has 0 atom stereocenters. The molecule has 3 rings (SSSR count). The highest BCUT2D eigenvalue weighted by Gasteiger charge is 2.19. The summed E-state index contributed by atoms with van der Waals surface area (Å²) in [5.41, 5.74) is 0.857. The maximum atomic E-state index is 13.0. The lowest BCUT2D eigenvalue weighted by Crippen LogP contribution is -2.38. The molecule has 1 aromatic carbocycles. The first kappa shape index (κ1) is 18.2. The van der Waals surface area contributed by atoms with E-state index in [1.54, 1.807) is 24.7 Å². The van der Waals surface area contributed by atoms with Gasteiger partial charge in [-0.05, 0) is 54.9 Å². The lowest BCUT2D eigenvalue weighted by Gasteiger charge is -2.25. The average Bonchev–Trinajstić information content (AvgIpc) is 3.33. The molecule has 0 saturated carbocycles. The highest BCUT2D eigenvalue weighted by Crippen LogP contribution is 2.23. The Morgan fingerprint density at radius 3 is 2.54 bits per heavy atom. The van der Waals surface area contributed by atoms with Gasteiger partial charge in [0.25, 0.3) is 0 Å². The summed E-state index contributed by atoms with van der Waals surface area (Å²) in [6.07, 6.45) is 1.64. The summed E-state index contributed by atoms with van der Waals surface area (Å²) in [6, 6.07) is 15.4. The monoisotopic (exact) mass is 370 g/mol. The Morgan fingerprint density at radius 2 is 1.92 bits per heavy atom. The van der Waals surface area contributed by atoms with Crippen molar-refractivity contribution in [1.82, 2.24) is 4.90 Å². The second kappa shape index (κ2) is 8.69. The van der Waals surface area contributed by atoms with Crippen LogP contribution in [0.3, 0.4) is 0 Å². The SMILES string of the molecule is COc1ccc(N(Cc2cccs2)C(=O)CN(C)Cc2ccco2)cc1. The van der Waals surface area contributed by atoms with Gasteiger partial charge in [0, 0.05) is 10.6 Å². The van der Waals surface area contributed by atoms with Gasteiger partial charge in [0.2, 0.25) is 5.91 Å². The predicted octanol–water partition coefficient (Wildman–Crippen LogP) is 4.01. The number of amides is 1. The molecule has 136 valence electrons. The van der Waals surface area contributed by atoms with Crippen molar-refractivity contribution in [2.45, 2.75) is 13.1 Å². The highest BCUT2D eigenvalue weighted by molar-refractivity contribution is 7.09. The molecule has 2 heterocycles. The van der Waals surface area contributed by atoms with Crippen LogP contribution in [-0.4, -0.2) is 31.5 Å². The lowest BCUT2D eigenvalue weighted by atomic mass is 10.2. The van der Waals surface area contributed by atoms with E-state index in [1.165, 1.54) is 0 Å². The zero-order valence-corrected chi connectivity index (χ0v) is 15.7. The molecule has 0 spiro atoms. The Bertz CT molecular complexity index is 798. The largest absolute Gasteiger partial charge is 0.497 e. The zero-order chi connectivity index (χ0) is 18.4. The second-order valence-corrected chi connectivity index (χ2v) is 7.04.